The second-order valence-corrected chi connectivity index (χ2v) is 8.50. The van der Waals surface area contributed by atoms with Gasteiger partial charge in [-0.15, -0.1) is 0 Å². The van der Waals surface area contributed by atoms with Gasteiger partial charge in [-0.2, -0.15) is 0 Å². The molecule has 0 fully saturated rings. The van der Waals surface area contributed by atoms with Gasteiger partial charge in [0, 0.05) is 0 Å². The third-order valence-electron chi connectivity index (χ3n) is 2.94. The van der Waals surface area contributed by atoms with Crippen LogP contribution >= 0.6 is 0 Å². The Kier molecular flexibility index (Phi) is 3.78. The van der Waals surface area contributed by atoms with Gasteiger partial charge in [0.1, 0.15) is 0 Å². The fourth-order valence-electron chi connectivity index (χ4n) is 2.08. The van der Waals surface area contributed by atoms with Crippen molar-refractivity contribution in [1.82, 2.24) is 0 Å². The summed E-state index contributed by atoms with van der Waals surface area (Å²) < 4.78 is 4.37. The Morgan fingerprint density at radius 2 is 0.632 bits per heavy atom. The van der Waals surface area contributed by atoms with E-state index in [4.69, 9.17) is 0 Å². The standard InChI is InChI=1S/C18H15Se/c1-4-10-16(11-5-1)19(17-12-6-2-7-13-17)18-14-8-3-9-15-18/h1-15H/q+1. The van der Waals surface area contributed by atoms with Gasteiger partial charge in [-0.1, -0.05) is 0 Å². The van der Waals surface area contributed by atoms with Crippen LogP contribution < -0.4 is 13.4 Å². The summed E-state index contributed by atoms with van der Waals surface area (Å²) in [7, 11) is 0. The van der Waals surface area contributed by atoms with Crippen molar-refractivity contribution in [2.24, 2.45) is 0 Å². The summed E-state index contributed by atoms with van der Waals surface area (Å²) in [5.74, 6) is 0. The van der Waals surface area contributed by atoms with Gasteiger partial charge in [0.15, 0.2) is 0 Å². The van der Waals surface area contributed by atoms with Gasteiger partial charge in [0.2, 0.25) is 0 Å². The molecule has 0 N–H and O–H groups in total. The molecule has 0 bridgehead atoms. The van der Waals surface area contributed by atoms with Crippen molar-refractivity contribution in [2.45, 2.75) is 0 Å². The molecule has 0 aliphatic rings. The zero-order valence-electron chi connectivity index (χ0n) is 10.6. The molecule has 0 spiro atoms. The maximum absolute atomic E-state index is 2.25. The van der Waals surface area contributed by atoms with Crippen molar-refractivity contribution in [3.63, 3.8) is 0 Å². The van der Waals surface area contributed by atoms with Crippen molar-refractivity contribution in [3.05, 3.63) is 91.0 Å². The van der Waals surface area contributed by atoms with Gasteiger partial charge < -0.3 is 0 Å². The molecule has 0 saturated heterocycles. The van der Waals surface area contributed by atoms with Gasteiger partial charge in [-0.3, -0.25) is 0 Å². The van der Waals surface area contributed by atoms with Crippen LogP contribution in [0.3, 0.4) is 0 Å². The SMILES string of the molecule is c1ccc([Se+](c2ccccc2)c2ccccc2)cc1. The molecule has 0 aromatic heterocycles. The first kappa shape index (κ1) is 12.2. The minimum atomic E-state index is -1.15. The molecule has 0 atom stereocenters. The first-order chi connectivity index (χ1) is 9.45. The summed E-state index contributed by atoms with van der Waals surface area (Å²) in [6.07, 6.45) is 0. The molecule has 3 rings (SSSR count). The Bertz CT molecular complexity index is 524. The minimum absolute atomic E-state index is 1.15. The Labute approximate surface area is 118 Å². The molecule has 0 aliphatic heterocycles. The molecule has 0 aliphatic carbocycles. The van der Waals surface area contributed by atoms with Gasteiger partial charge in [-0.25, -0.2) is 0 Å². The first-order valence-electron chi connectivity index (χ1n) is 6.34. The second-order valence-electron chi connectivity index (χ2n) is 4.25. The van der Waals surface area contributed by atoms with Crippen LogP contribution in [0.15, 0.2) is 91.0 Å². The van der Waals surface area contributed by atoms with E-state index < -0.39 is 13.9 Å². The molecule has 0 amide bonds. The Balaban J connectivity index is 2.12. The van der Waals surface area contributed by atoms with E-state index in [1.807, 2.05) is 0 Å². The molecule has 1 heteroatoms. The third kappa shape index (κ3) is 2.78. The summed E-state index contributed by atoms with van der Waals surface area (Å²) in [5.41, 5.74) is 0. The molecule has 19 heavy (non-hydrogen) atoms. The number of hydrogen-bond donors (Lipinski definition) is 0. The van der Waals surface area contributed by atoms with Crippen molar-refractivity contribution in [3.8, 4) is 0 Å². The maximum atomic E-state index is 2.25. The van der Waals surface area contributed by atoms with Crippen LogP contribution in [0.4, 0.5) is 0 Å². The van der Waals surface area contributed by atoms with Gasteiger partial charge in [-0.05, 0) is 0 Å². The van der Waals surface area contributed by atoms with E-state index in [-0.39, 0.29) is 0 Å². The van der Waals surface area contributed by atoms with Crippen molar-refractivity contribution < 1.29 is 0 Å². The molecule has 0 radical (unpaired) electrons. The molecular formula is C18H15Se+. The normalized spacial score (nSPS) is 10.6. The zero-order valence-corrected chi connectivity index (χ0v) is 12.3. The van der Waals surface area contributed by atoms with Gasteiger partial charge in [0.25, 0.3) is 0 Å². The van der Waals surface area contributed by atoms with E-state index in [2.05, 4.69) is 91.0 Å². The van der Waals surface area contributed by atoms with Crippen molar-refractivity contribution in [1.29, 1.82) is 0 Å². The van der Waals surface area contributed by atoms with Crippen LogP contribution in [0.5, 0.6) is 0 Å². The van der Waals surface area contributed by atoms with E-state index in [9.17, 15) is 0 Å². The zero-order chi connectivity index (χ0) is 12.9. The van der Waals surface area contributed by atoms with E-state index in [0.29, 0.717) is 0 Å². The molecule has 3 aromatic rings. The van der Waals surface area contributed by atoms with E-state index >= 15 is 0 Å². The summed E-state index contributed by atoms with van der Waals surface area (Å²) in [6.45, 7) is 0. The van der Waals surface area contributed by atoms with Crippen LogP contribution in [0.1, 0.15) is 0 Å². The van der Waals surface area contributed by atoms with Crippen molar-refractivity contribution >= 4 is 27.3 Å². The molecule has 0 saturated carbocycles. The molecule has 3 aromatic carbocycles. The fraction of sp³-hybridized carbons (Fsp3) is 0. The van der Waals surface area contributed by atoms with E-state index in [1.54, 1.807) is 0 Å². The van der Waals surface area contributed by atoms with Gasteiger partial charge in [0.05, 0.1) is 0 Å². The summed E-state index contributed by atoms with van der Waals surface area (Å²) in [4.78, 5) is 0. The number of rotatable bonds is 3. The number of hydrogen-bond acceptors (Lipinski definition) is 0. The van der Waals surface area contributed by atoms with Crippen LogP contribution in [-0.2, 0) is 0 Å². The molecule has 0 heterocycles. The van der Waals surface area contributed by atoms with Crippen molar-refractivity contribution in [2.75, 3.05) is 0 Å². The molecule has 0 nitrogen and oxygen atoms in total. The Morgan fingerprint density at radius 3 is 0.895 bits per heavy atom. The summed E-state index contributed by atoms with van der Waals surface area (Å²) in [5, 5.41) is 0. The molecule has 0 unspecified atom stereocenters. The summed E-state index contributed by atoms with van der Waals surface area (Å²) in [6, 6.07) is 32.6. The van der Waals surface area contributed by atoms with Crippen LogP contribution in [-0.4, -0.2) is 13.9 Å². The van der Waals surface area contributed by atoms with Gasteiger partial charge >= 0.3 is 118 Å². The van der Waals surface area contributed by atoms with E-state index in [0.717, 1.165) is 0 Å². The summed E-state index contributed by atoms with van der Waals surface area (Å²) >= 11 is -1.15. The van der Waals surface area contributed by atoms with Crippen LogP contribution in [0.2, 0.25) is 0 Å². The predicted octanol–water partition coefficient (Wildman–Crippen LogP) is 2.20. The van der Waals surface area contributed by atoms with Crippen LogP contribution in [0, 0.1) is 0 Å². The van der Waals surface area contributed by atoms with E-state index in [1.165, 1.54) is 13.4 Å². The number of benzene rings is 3. The quantitative estimate of drug-likeness (QED) is 0.651. The third-order valence-corrected chi connectivity index (χ3v) is 7.62. The molecule has 92 valence electrons. The topological polar surface area (TPSA) is 0 Å². The average Bonchev–Trinajstić information content (AvgIpc) is 2.51. The Hall–Kier alpha value is -1.82. The monoisotopic (exact) mass is 311 g/mol. The second kappa shape index (κ2) is 5.88. The average molecular weight is 310 g/mol. The fourth-order valence-corrected chi connectivity index (χ4v) is 6.49. The Morgan fingerprint density at radius 1 is 0.368 bits per heavy atom. The predicted molar refractivity (Wildman–Crippen MR) is 84.0 cm³/mol. The molecular weight excluding hydrogens is 295 g/mol. The first-order valence-corrected chi connectivity index (χ1v) is 8.91. The van der Waals surface area contributed by atoms with Crippen LogP contribution in [0.25, 0.3) is 0 Å².